The van der Waals surface area contributed by atoms with Gasteiger partial charge in [-0.3, -0.25) is 9.48 Å². The average Bonchev–Trinajstić information content (AvgIpc) is 3.39. The van der Waals surface area contributed by atoms with E-state index in [2.05, 4.69) is 10.1 Å². The predicted octanol–water partition coefficient (Wildman–Crippen LogP) is 5.59. The molecule has 1 aliphatic heterocycles. The van der Waals surface area contributed by atoms with Crippen LogP contribution in [-0.4, -0.2) is 25.6 Å². The Hall–Kier alpha value is -4.21. The van der Waals surface area contributed by atoms with E-state index < -0.39 is 23.3 Å². The van der Waals surface area contributed by atoms with Gasteiger partial charge in [-0.15, -0.1) is 0 Å². The van der Waals surface area contributed by atoms with Crippen LogP contribution in [0.5, 0.6) is 11.6 Å². The molecule has 2 aromatic heterocycles. The van der Waals surface area contributed by atoms with Crippen molar-refractivity contribution in [3.63, 3.8) is 0 Å². The highest BCUT2D eigenvalue weighted by atomic mass is 19.4. The molecule has 0 radical (unpaired) electrons. The van der Waals surface area contributed by atoms with Crippen molar-refractivity contribution < 1.29 is 27.1 Å². The number of nitrogens with zero attached hydrogens (tertiary/aromatic N) is 4. The smallest absolute Gasteiger partial charge is 0.416 e. The molecule has 0 saturated carbocycles. The van der Waals surface area contributed by atoms with Crippen molar-refractivity contribution in [3.8, 4) is 22.9 Å². The van der Waals surface area contributed by atoms with Gasteiger partial charge in [0.2, 0.25) is 5.88 Å². The second-order valence-corrected chi connectivity index (χ2v) is 8.13. The zero-order chi connectivity index (χ0) is 24.7. The maximum Gasteiger partial charge on any atom is 0.416 e. The molecule has 4 aromatic rings. The third-order valence-electron chi connectivity index (χ3n) is 5.67. The van der Waals surface area contributed by atoms with Crippen molar-refractivity contribution in [1.29, 1.82) is 0 Å². The van der Waals surface area contributed by atoms with Crippen LogP contribution in [0.25, 0.3) is 11.3 Å². The number of ether oxygens (including phenoxy) is 1. The summed E-state index contributed by atoms with van der Waals surface area (Å²) >= 11 is 0. The number of carbonyl (C=O) groups is 1. The van der Waals surface area contributed by atoms with Gasteiger partial charge in [0.25, 0.3) is 5.91 Å². The highest BCUT2D eigenvalue weighted by Crippen LogP contribution is 2.36. The minimum absolute atomic E-state index is 0.154. The minimum atomic E-state index is -4.68. The van der Waals surface area contributed by atoms with Crippen LogP contribution in [0, 0.1) is 5.82 Å². The third kappa shape index (κ3) is 4.46. The molecule has 2 aromatic carbocycles. The summed E-state index contributed by atoms with van der Waals surface area (Å²) in [5.74, 6) is -2.16. The maximum atomic E-state index is 14.3. The van der Waals surface area contributed by atoms with Gasteiger partial charge in [-0.25, -0.2) is 9.37 Å². The number of hydrogen-bond acceptors (Lipinski definition) is 4. The topological polar surface area (TPSA) is 60.2 Å². The summed E-state index contributed by atoms with van der Waals surface area (Å²) in [5.41, 5.74) is 2.35. The lowest BCUT2D eigenvalue weighted by atomic mass is 10.1. The molecule has 0 atom stereocenters. The fraction of sp³-hybridized carbons (Fsp3) is 0.160. The average molecular weight is 482 g/mol. The van der Waals surface area contributed by atoms with Gasteiger partial charge >= 0.3 is 6.18 Å². The number of pyridine rings is 1. The number of fused-ring (bicyclic) bond motifs is 1. The molecule has 0 spiro atoms. The molecule has 0 bridgehead atoms. The summed E-state index contributed by atoms with van der Waals surface area (Å²) in [7, 11) is 1.84. The van der Waals surface area contributed by atoms with Crippen LogP contribution >= 0.6 is 0 Å². The first-order valence-corrected chi connectivity index (χ1v) is 10.6. The van der Waals surface area contributed by atoms with Gasteiger partial charge in [-0.2, -0.15) is 18.3 Å². The molecule has 10 heteroatoms. The van der Waals surface area contributed by atoms with Gasteiger partial charge in [-0.05, 0) is 41.5 Å². The fourth-order valence-corrected chi connectivity index (χ4v) is 3.92. The Kier molecular flexibility index (Phi) is 5.50. The fourth-order valence-electron chi connectivity index (χ4n) is 3.92. The highest BCUT2D eigenvalue weighted by Gasteiger charge is 2.33. The van der Waals surface area contributed by atoms with E-state index in [0.29, 0.717) is 30.8 Å². The highest BCUT2D eigenvalue weighted by molar-refractivity contribution is 6.00. The standard InChI is InChI=1S/C25H18F4N4O2/c1-32-11-9-20(31-32)16-4-2-15(3-5-16)13-33-14-17-8-10-30-23(22(17)24(33)34)35-21-7-6-18(12-19(21)26)25(27,28)29/h2-12H,13-14H2,1H3. The van der Waals surface area contributed by atoms with Gasteiger partial charge in [0.15, 0.2) is 11.6 Å². The number of hydrogen-bond donors (Lipinski definition) is 0. The van der Waals surface area contributed by atoms with Crippen molar-refractivity contribution in [2.75, 3.05) is 0 Å². The largest absolute Gasteiger partial charge is 0.435 e. The van der Waals surface area contributed by atoms with Gasteiger partial charge < -0.3 is 9.64 Å². The van der Waals surface area contributed by atoms with E-state index in [1.165, 1.54) is 6.20 Å². The van der Waals surface area contributed by atoms with Crippen LogP contribution < -0.4 is 4.74 Å². The molecule has 0 aliphatic carbocycles. The molecule has 1 amide bonds. The van der Waals surface area contributed by atoms with E-state index in [1.54, 1.807) is 15.6 Å². The lowest BCUT2D eigenvalue weighted by molar-refractivity contribution is -0.137. The molecule has 1 aliphatic rings. The summed E-state index contributed by atoms with van der Waals surface area (Å²) in [4.78, 5) is 18.7. The number of carbonyl (C=O) groups excluding carboxylic acids is 1. The van der Waals surface area contributed by atoms with E-state index in [4.69, 9.17) is 4.74 Å². The van der Waals surface area contributed by atoms with Crippen LogP contribution in [0.3, 0.4) is 0 Å². The Labute approximate surface area is 197 Å². The summed E-state index contributed by atoms with van der Waals surface area (Å²) < 4.78 is 59.9. The lowest BCUT2D eigenvalue weighted by Crippen LogP contribution is -2.23. The van der Waals surface area contributed by atoms with E-state index in [0.717, 1.165) is 22.9 Å². The third-order valence-corrected chi connectivity index (χ3v) is 5.67. The van der Waals surface area contributed by atoms with Gasteiger partial charge in [-0.1, -0.05) is 24.3 Å². The van der Waals surface area contributed by atoms with Gasteiger partial charge in [0.05, 0.1) is 11.3 Å². The van der Waals surface area contributed by atoms with Crippen LogP contribution in [0.4, 0.5) is 17.6 Å². The molecule has 0 saturated heterocycles. The SMILES string of the molecule is Cn1ccc(-c2ccc(CN3Cc4ccnc(Oc5ccc(C(F)(F)F)cc5F)c4C3=O)cc2)n1. The second-order valence-electron chi connectivity index (χ2n) is 8.13. The Morgan fingerprint density at radius 1 is 1.06 bits per heavy atom. The summed E-state index contributed by atoms with van der Waals surface area (Å²) in [6.45, 7) is 0.620. The van der Waals surface area contributed by atoms with E-state index >= 15 is 0 Å². The number of aryl methyl sites for hydroxylation is 1. The first-order chi connectivity index (χ1) is 16.7. The number of halogens is 4. The molecule has 178 valence electrons. The Morgan fingerprint density at radius 3 is 2.49 bits per heavy atom. The first-order valence-electron chi connectivity index (χ1n) is 10.6. The van der Waals surface area contributed by atoms with Crippen molar-refractivity contribution in [1.82, 2.24) is 19.7 Å². The van der Waals surface area contributed by atoms with Gasteiger partial charge in [0, 0.05) is 38.1 Å². The molecule has 5 rings (SSSR count). The molecule has 0 unspecified atom stereocenters. The first kappa shape index (κ1) is 22.6. The van der Waals surface area contributed by atoms with Crippen LogP contribution in [0.1, 0.15) is 27.0 Å². The van der Waals surface area contributed by atoms with E-state index in [-0.39, 0.29) is 17.4 Å². The monoisotopic (exact) mass is 482 g/mol. The zero-order valence-corrected chi connectivity index (χ0v) is 18.4. The quantitative estimate of drug-likeness (QED) is 0.348. The van der Waals surface area contributed by atoms with Crippen molar-refractivity contribution in [2.24, 2.45) is 7.05 Å². The number of rotatable bonds is 5. The molecule has 3 heterocycles. The number of amides is 1. The molecular weight excluding hydrogens is 464 g/mol. The zero-order valence-electron chi connectivity index (χ0n) is 18.4. The van der Waals surface area contributed by atoms with Crippen LogP contribution in [0.15, 0.2) is 67.0 Å². The lowest BCUT2D eigenvalue weighted by Gasteiger charge is -2.16. The second kappa shape index (κ2) is 8.53. The molecule has 0 N–H and O–H groups in total. The maximum absolute atomic E-state index is 14.3. The van der Waals surface area contributed by atoms with Crippen LogP contribution in [-0.2, 0) is 26.3 Å². The minimum Gasteiger partial charge on any atom is -0.435 e. The van der Waals surface area contributed by atoms with Crippen molar-refractivity contribution >= 4 is 5.91 Å². The number of aromatic nitrogens is 3. The van der Waals surface area contributed by atoms with Crippen LogP contribution in [0.2, 0.25) is 0 Å². The Morgan fingerprint density at radius 2 is 1.83 bits per heavy atom. The number of alkyl halides is 3. The van der Waals surface area contributed by atoms with Gasteiger partial charge in [0.1, 0.15) is 5.56 Å². The molecule has 0 fully saturated rings. The normalized spacial score (nSPS) is 13.3. The summed E-state index contributed by atoms with van der Waals surface area (Å²) in [5, 5.41) is 4.37. The van der Waals surface area contributed by atoms with E-state index in [9.17, 15) is 22.4 Å². The molecule has 6 nitrogen and oxygen atoms in total. The van der Waals surface area contributed by atoms with Crippen molar-refractivity contribution in [2.45, 2.75) is 19.3 Å². The van der Waals surface area contributed by atoms with Crippen molar-refractivity contribution in [3.05, 3.63) is 95.1 Å². The summed E-state index contributed by atoms with van der Waals surface area (Å²) in [6, 6.07) is 13.2. The number of benzene rings is 2. The molecule has 35 heavy (non-hydrogen) atoms. The predicted molar refractivity (Wildman–Crippen MR) is 118 cm³/mol. The van der Waals surface area contributed by atoms with E-state index in [1.807, 2.05) is 43.6 Å². The summed E-state index contributed by atoms with van der Waals surface area (Å²) in [6.07, 6.45) is -1.42. The Balaban J connectivity index is 1.34. The Bertz CT molecular complexity index is 1410. The molecular formula is C25H18F4N4O2.